The first kappa shape index (κ1) is 11.9. The maximum atomic E-state index is 11.2. The molecule has 2 N–H and O–H groups in total. The van der Waals surface area contributed by atoms with Gasteiger partial charge in [-0.15, -0.1) is 10.2 Å². The van der Waals surface area contributed by atoms with Crippen LogP contribution in [-0.4, -0.2) is 38.1 Å². The first-order valence-electron chi connectivity index (χ1n) is 6.45. The molecule has 19 heavy (non-hydrogen) atoms. The Balaban J connectivity index is 1.97. The summed E-state index contributed by atoms with van der Waals surface area (Å²) in [5.41, 5.74) is 6.06. The Labute approximate surface area is 110 Å². The van der Waals surface area contributed by atoms with Crippen LogP contribution in [0, 0.1) is 0 Å². The number of rotatable bonds is 3. The van der Waals surface area contributed by atoms with Gasteiger partial charge in [-0.3, -0.25) is 9.20 Å². The number of aromatic nitrogens is 4. The predicted octanol–water partition coefficient (Wildman–Crippen LogP) is 0.359. The predicted molar refractivity (Wildman–Crippen MR) is 69.6 cm³/mol. The van der Waals surface area contributed by atoms with E-state index in [-0.39, 0.29) is 11.9 Å². The minimum Gasteiger partial charge on any atom is -0.370 e. The summed E-state index contributed by atoms with van der Waals surface area (Å²) >= 11 is 0. The first-order valence-corrected chi connectivity index (χ1v) is 6.45. The van der Waals surface area contributed by atoms with E-state index in [1.54, 1.807) is 12.5 Å². The normalized spacial score (nSPS) is 19.8. The second-order valence-electron chi connectivity index (χ2n) is 4.83. The summed E-state index contributed by atoms with van der Waals surface area (Å²) in [4.78, 5) is 17.7. The third-order valence-electron chi connectivity index (χ3n) is 3.53. The Morgan fingerprint density at radius 1 is 1.47 bits per heavy atom. The lowest BCUT2D eigenvalue weighted by molar-refractivity contribution is -0.118. The van der Waals surface area contributed by atoms with Gasteiger partial charge in [0.25, 0.3) is 0 Å². The molecule has 1 unspecified atom stereocenters. The molecular weight excluding hydrogens is 244 g/mol. The maximum Gasteiger partial charge on any atom is 0.219 e. The van der Waals surface area contributed by atoms with Crippen LogP contribution in [0.5, 0.6) is 0 Å². The maximum absolute atomic E-state index is 11.2. The average Bonchev–Trinajstić information content (AvgIpc) is 2.87. The van der Waals surface area contributed by atoms with Gasteiger partial charge >= 0.3 is 0 Å². The number of piperidine rings is 1. The van der Waals surface area contributed by atoms with Crippen LogP contribution >= 0.6 is 0 Å². The molecule has 100 valence electrons. The summed E-state index contributed by atoms with van der Waals surface area (Å²) < 4.78 is 1.83. The molecule has 2 aromatic heterocycles. The highest BCUT2D eigenvalue weighted by molar-refractivity contribution is 5.75. The number of hydrogen-bond acceptors (Lipinski definition) is 5. The highest BCUT2D eigenvalue weighted by Gasteiger charge is 2.27. The molecule has 1 aliphatic rings. The van der Waals surface area contributed by atoms with Crippen LogP contribution in [0.25, 0.3) is 5.65 Å². The monoisotopic (exact) mass is 260 g/mol. The van der Waals surface area contributed by atoms with Gasteiger partial charge in [0, 0.05) is 31.4 Å². The van der Waals surface area contributed by atoms with E-state index in [0.717, 1.165) is 37.3 Å². The number of nitrogens with two attached hydrogens (primary N) is 1. The molecule has 7 nitrogen and oxygen atoms in total. The number of hydrogen-bond donors (Lipinski definition) is 1. The summed E-state index contributed by atoms with van der Waals surface area (Å²) in [7, 11) is 0. The van der Waals surface area contributed by atoms with Crippen LogP contribution < -0.4 is 10.6 Å². The molecule has 0 radical (unpaired) electrons. The van der Waals surface area contributed by atoms with Gasteiger partial charge in [0.1, 0.15) is 6.33 Å². The van der Waals surface area contributed by atoms with Gasteiger partial charge in [-0.05, 0) is 19.3 Å². The highest BCUT2D eigenvalue weighted by atomic mass is 16.1. The van der Waals surface area contributed by atoms with Crippen molar-refractivity contribution in [3.8, 4) is 0 Å². The molecule has 7 heteroatoms. The van der Waals surface area contributed by atoms with Gasteiger partial charge < -0.3 is 10.6 Å². The fraction of sp³-hybridized carbons (Fsp3) is 0.500. The van der Waals surface area contributed by atoms with E-state index < -0.39 is 0 Å². The number of primary amides is 1. The van der Waals surface area contributed by atoms with E-state index in [1.807, 2.05) is 10.6 Å². The van der Waals surface area contributed by atoms with Crippen molar-refractivity contribution in [1.82, 2.24) is 19.6 Å². The Kier molecular flexibility index (Phi) is 3.02. The van der Waals surface area contributed by atoms with Gasteiger partial charge in [-0.2, -0.15) is 0 Å². The van der Waals surface area contributed by atoms with Crippen LogP contribution in [0.3, 0.4) is 0 Å². The zero-order valence-electron chi connectivity index (χ0n) is 10.6. The SMILES string of the molecule is NC(=O)CC1CCCCN1c1nccn2cnnc12. The largest absolute Gasteiger partial charge is 0.370 e. The van der Waals surface area contributed by atoms with E-state index in [4.69, 9.17) is 5.73 Å². The summed E-state index contributed by atoms with van der Waals surface area (Å²) in [6.07, 6.45) is 8.70. The molecule has 1 fully saturated rings. The van der Waals surface area contributed by atoms with Crippen LogP contribution in [0.15, 0.2) is 18.7 Å². The zero-order chi connectivity index (χ0) is 13.2. The molecule has 0 spiro atoms. The van der Waals surface area contributed by atoms with Gasteiger partial charge in [-0.1, -0.05) is 0 Å². The van der Waals surface area contributed by atoms with Crippen molar-refractivity contribution in [3.05, 3.63) is 18.7 Å². The number of anilines is 1. The highest BCUT2D eigenvalue weighted by Crippen LogP contribution is 2.27. The summed E-state index contributed by atoms with van der Waals surface area (Å²) in [5.74, 6) is 0.510. The topological polar surface area (TPSA) is 89.4 Å². The molecule has 0 saturated carbocycles. The average molecular weight is 260 g/mol. The summed E-state index contributed by atoms with van der Waals surface area (Å²) in [6.45, 7) is 0.872. The Morgan fingerprint density at radius 2 is 2.37 bits per heavy atom. The van der Waals surface area contributed by atoms with Gasteiger partial charge in [0.05, 0.1) is 0 Å². The van der Waals surface area contributed by atoms with Crippen molar-refractivity contribution in [2.45, 2.75) is 31.7 Å². The van der Waals surface area contributed by atoms with Gasteiger partial charge in [-0.25, -0.2) is 4.98 Å². The quantitative estimate of drug-likeness (QED) is 0.860. The van der Waals surface area contributed by atoms with Crippen LogP contribution in [0.4, 0.5) is 5.82 Å². The first-order chi connectivity index (χ1) is 9.25. The van der Waals surface area contributed by atoms with E-state index in [9.17, 15) is 4.79 Å². The molecule has 3 rings (SSSR count). The van der Waals surface area contributed by atoms with Crippen molar-refractivity contribution < 1.29 is 4.79 Å². The van der Waals surface area contributed by atoms with E-state index >= 15 is 0 Å². The number of carbonyl (C=O) groups excluding carboxylic acids is 1. The summed E-state index contributed by atoms with van der Waals surface area (Å²) in [6, 6.07) is 0.113. The van der Waals surface area contributed by atoms with E-state index in [1.165, 1.54) is 0 Å². The third kappa shape index (κ3) is 2.23. The van der Waals surface area contributed by atoms with Crippen molar-refractivity contribution in [1.29, 1.82) is 0 Å². The molecular formula is C12H16N6O. The second-order valence-corrected chi connectivity index (χ2v) is 4.83. The Morgan fingerprint density at radius 3 is 3.21 bits per heavy atom. The smallest absolute Gasteiger partial charge is 0.219 e. The lowest BCUT2D eigenvalue weighted by atomic mass is 9.99. The van der Waals surface area contributed by atoms with Crippen molar-refractivity contribution in [2.75, 3.05) is 11.4 Å². The number of nitrogens with zero attached hydrogens (tertiary/aromatic N) is 5. The molecule has 1 amide bonds. The lowest BCUT2D eigenvalue weighted by Crippen LogP contribution is -2.42. The minimum absolute atomic E-state index is 0.113. The molecule has 3 heterocycles. The van der Waals surface area contributed by atoms with Gasteiger partial charge in [0.2, 0.25) is 11.6 Å². The third-order valence-corrected chi connectivity index (χ3v) is 3.53. The number of amides is 1. The minimum atomic E-state index is -0.273. The summed E-state index contributed by atoms with van der Waals surface area (Å²) in [5, 5.41) is 8.00. The van der Waals surface area contributed by atoms with Crippen LogP contribution in [0.1, 0.15) is 25.7 Å². The lowest BCUT2D eigenvalue weighted by Gasteiger charge is -2.35. The molecule has 0 aromatic carbocycles. The van der Waals surface area contributed by atoms with Crippen molar-refractivity contribution in [2.24, 2.45) is 5.73 Å². The van der Waals surface area contributed by atoms with Gasteiger partial charge in [0.15, 0.2) is 5.82 Å². The van der Waals surface area contributed by atoms with E-state index in [2.05, 4.69) is 20.1 Å². The van der Waals surface area contributed by atoms with Crippen molar-refractivity contribution >= 4 is 17.4 Å². The molecule has 0 bridgehead atoms. The number of carbonyl (C=O) groups is 1. The standard InChI is InChI=1S/C12H16N6O/c13-10(19)7-9-3-1-2-5-18(9)11-12-16-15-8-17(12)6-4-14-11/h4,6,8-9H,1-3,5,7H2,(H2,13,19). The van der Waals surface area contributed by atoms with Crippen molar-refractivity contribution in [3.63, 3.8) is 0 Å². The fourth-order valence-electron chi connectivity index (χ4n) is 2.67. The molecule has 2 aromatic rings. The molecule has 1 saturated heterocycles. The van der Waals surface area contributed by atoms with Crippen LogP contribution in [0.2, 0.25) is 0 Å². The second kappa shape index (κ2) is 4.83. The zero-order valence-corrected chi connectivity index (χ0v) is 10.6. The molecule has 1 aliphatic heterocycles. The number of fused-ring (bicyclic) bond motifs is 1. The van der Waals surface area contributed by atoms with E-state index in [0.29, 0.717) is 6.42 Å². The molecule has 0 aliphatic carbocycles. The fourth-order valence-corrected chi connectivity index (χ4v) is 2.67. The Hall–Kier alpha value is -2.18. The Bertz CT molecular complexity index is 595. The van der Waals surface area contributed by atoms with Crippen LogP contribution in [-0.2, 0) is 4.79 Å². The molecule has 1 atom stereocenters.